The van der Waals surface area contributed by atoms with Gasteiger partial charge in [-0.2, -0.15) is 0 Å². The van der Waals surface area contributed by atoms with Crippen LogP contribution in [0.25, 0.3) is 0 Å². The molecule has 2 bridgehead atoms. The van der Waals surface area contributed by atoms with Crippen molar-refractivity contribution in [2.45, 2.75) is 37.6 Å². The number of hydrogen-bond donors (Lipinski definition) is 2. The molecular weight excluding hydrogens is 402 g/mol. The van der Waals surface area contributed by atoms with Crippen molar-refractivity contribution in [2.24, 2.45) is 23.3 Å². The SMILES string of the molecule is NC[C@]1(N)CC2CCC1CC2.[Cl][Pt][Cl]. The Labute approximate surface area is 102 Å². The summed E-state index contributed by atoms with van der Waals surface area (Å²) in [4.78, 5) is 0. The zero-order valence-electron chi connectivity index (χ0n) is 8.12. The topological polar surface area (TPSA) is 52.0 Å². The molecule has 0 heterocycles. The van der Waals surface area contributed by atoms with Gasteiger partial charge in [-0.15, -0.1) is 0 Å². The molecule has 0 amide bonds. The Bertz CT molecular complexity index is 174. The molecule has 4 N–H and O–H groups in total. The average Bonchev–Trinajstić information content (AvgIpc) is 2.20. The molecular formula is C9H18Cl2N2Pt. The van der Waals surface area contributed by atoms with Gasteiger partial charge in [0.15, 0.2) is 0 Å². The van der Waals surface area contributed by atoms with E-state index in [1.165, 1.54) is 32.1 Å². The minimum atomic E-state index is -0.472. The van der Waals surface area contributed by atoms with Gasteiger partial charge in [0.2, 0.25) is 0 Å². The van der Waals surface area contributed by atoms with Gasteiger partial charge in [-0.3, -0.25) is 0 Å². The molecule has 14 heavy (non-hydrogen) atoms. The van der Waals surface area contributed by atoms with Crippen LogP contribution in [0, 0.1) is 11.8 Å². The van der Waals surface area contributed by atoms with Crippen LogP contribution >= 0.6 is 18.8 Å². The molecule has 3 fully saturated rings. The first-order chi connectivity index (χ1) is 6.66. The van der Waals surface area contributed by atoms with Gasteiger partial charge in [0.1, 0.15) is 0 Å². The van der Waals surface area contributed by atoms with Gasteiger partial charge in [0.05, 0.1) is 0 Å². The summed E-state index contributed by atoms with van der Waals surface area (Å²) in [6, 6.07) is 0. The summed E-state index contributed by atoms with van der Waals surface area (Å²) in [5.41, 5.74) is 11.9. The Morgan fingerprint density at radius 3 is 1.93 bits per heavy atom. The Kier molecular flexibility index (Phi) is 5.73. The van der Waals surface area contributed by atoms with Crippen molar-refractivity contribution in [2.75, 3.05) is 6.54 Å². The summed E-state index contributed by atoms with van der Waals surface area (Å²) >= 11 is -0.472. The Morgan fingerprint density at radius 2 is 1.71 bits per heavy atom. The third-order valence-corrected chi connectivity index (χ3v) is 3.71. The van der Waals surface area contributed by atoms with Gasteiger partial charge in [-0.1, -0.05) is 12.8 Å². The van der Waals surface area contributed by atoms with E-state index >= 15 is 0 Å². The van der Waals surface area contributed by atoms with E-state index < -0.39 is 16.5 Å². The fourth-order valence-electron chi connectivity index (χ4n) is 2.90. The number of hydrogen-bond acceptors (Lipinski definition) is 2. The van der Waals surface area contributed by atoms with Gasteiger partial charge >= 0.3 is 35.3 Å². The van der Waals surface area contributed by atoms with Gasteiger partial charge in [0, 0.05) is 12.1 Å². The first-order valence-corrected chi connectivity index (χ1v) is 10.6. The predicted octanol–water partition coefficient (Wildman–Crippen LogP) is 2.23. The van der Waals surface area contributed by atoms with Crippen LogP contribution in [-0.4, -0.2) is 12.1 Å². The third kappa shape index (κ3) is 3.09. The molecule has 0 unspecified atom stereocenters. The van der Waals surface area contributed by atoms with E-state index in [0.29, 0.717) is 6.54 Å². The monoisotopic (exact) mass is 419 g/mol. The molecule has 3 saturated carbocycles. The average molecular weight is 420 g/mol. The second-order valence-corrected chi connectivity index (χ2v) is 7.69. The van der Waals surface area contributed by atoms with E-state index in [-0.39, 0.29) is 5.54 Å². The molecule has 0 aliphatic heterocycles. The molecule has 2 nitrogen and oxygen atoms in total. The van der Waals surface area contributed by atoms with E-state index in [2.05, 4.69) is 0 Å². The first kappa shape index (κ1) is 13.3. The van der Waals surface area contributed by atoms with Crippen molar-refractivity contribution >= 4 is 18.8 Å². The summed E-state index contributed by atoms with van der Waals surface area (Å²) in [5, 5.41) is 0. The fourth-order valence-corrected chi connectivity index (χ4v) is 2.90. The van der Waals surface area contributed by atoms with E-state index in [1.807, 2.05) is 0 Å². The van der Waals surface area contributed by atoms with E-state index in [4.69, 9.17) is 30.3 Å². The number of fused-ring (bicyclic) bond motifs is 3. The number of rotatable bonds is 1. The minimum absolute atomic E-state index is 0.0150. The Balaban J connectivity index is 0.000000293. The van der Waals surface area contributed by atoms with Gasteiger partial charge in [0.25, 0.3) is 0 Å². The van der Waals surface area contributed by atoms with E-state index in [0.717, 1.165) is 11.8 Å². The maximum atomic E-state index is 6.22. The molecule has 3 aliphatic rings. The third-order valence-electron chi connectivity index (χ3n) is 3.71. The zero-order chi connectivity index (χ0) is 10.6. The van der Waals surface area contributed by atoms with Crippen molar-refractivity contribution in [3.05, 3.63) is 0 Å². The van der Waals surface area contributed by atoms with Crippen LogP contribution in [0.5, 0.6) is 0 Å². The molecule has 0 aromatic rings. The molecule has 0 aromatic heterocycles. The van der Waals surface area contributed by atoms with Crippen molar-refractivity contribution in [1.29, 1.82) is 0 Å². The van der Waals surface area contributed by atoms with Gasteiger partial charge in [-0.25, -0.2) is 0 Å². The molecule has 3 aliphatic carbocycles. The van der Waals surface area contributed by atoms with Crippen molar-refractivity contribution in [3.63, 3.8) is 0 Å². The van der Waals surface area contributed by atoms with Gasteiger partial charge in [-0.05, 0) is 31.1 Å². The predicted molar refractivity (Wildman–Crippen MR) is 57.7 cm³/mol. The van der Waals surface area contributed by atoms with Crippen molar-refractivity contribution < 1.29 is 16.5 Å². The van der Waals surface area contributed by atoms with E-state index in [1.54, 1.807) is 0 Å². The quantitative estimate of drug-likeness (QED) is 0.684. The van der Waals surface area contributed by atoms with Crippen molar-refractivity contribution in [1.82, 2.24) is 0 Å². The summed E-state index contributed by atoms with van der Waals surface area (Å²) < 4.78 is 0. The van der Waals surface area contributed by atoms with Crippen LogP contribution < -0.4 is 11.5 Å². The Hall–Kier alpha value is 1.19. The summed E-state index contributed by atoms with van der Waals surface area (Å²) in [6.45, 7) is 0.689. The fraction of sp³-hybridized carbons (Fsp3) is 1.00. The molecule has 0 spiro atoms. The van der Waals surface area contributed by atoms with Crippen LogP contribution in [0.3, 0.4) is 0 Å². The molecule has 5 heteroatoms. The number of nitrogens with two attached hydrogens (primary N) is 2. The van der Waals surface area contributed by atoms with E-state index in [9.17, 15) is 0 Å². The summed E-state index contributed by atoms with van der Waals surface area (Å²) in [6.07, 6.45) is 6.66. The molecule has 88 valence electrons. The maximum absolute atomic E-state index is 6.22. The van der Waals surface area contributed by atoms with Gasteiger partial charge < -0.3 is 11.5 Å². The Morgan fingerprint density at radius 1 is 1.21 bits per heavy atom. The van der Waals surface area contributed by atoms with Crippen LogP contribution in [0.1, 0.15) is 32.1 Å². The molecule has 0 radical (unpaired) electrons. The normalized spacial score (nSPS) is 40.6. The van der Waals surface area contributed by atoms with Crippen LogP contribution in [0.15, 0.2) is 0 Å². The standard InChI is InChI=1S/C9H18N2.2ClH.Pt/c10-6-9(11)5-7-1-3-8(9)4-2-7;;;/h7-8H,1-6,10-11H2;2*1H;/q;;;+2/p-2/t7?,8?,9-;;;/m1.../s1. The molecule has 1 atom stereocenters. The van der Waals surface area contributed by atoms with Crippen LogP contribution in [0.4, 0.5) is 0 Å². The summed E-state index contributed by atoms with van der Waals surface area (Å²) in [7, 11) is 9.75. The summed E-state index contributed by atoms with van der Waals surface area (Å²) in [5.74, 6) is 1.63. The molecule has 0 aromatic carbocycles. The molecule has 3 rings (SSSR count). The second kappa shape index (κ2) is 6.05. The zero-order valence-corrected chi connectivity index (χ0v) is 11.9. The first-order valence-electron chi connectivity index (χ1n) is 4.97. The number of halogens is 2. The van der Waals surface area contributed by atoms with Crippen molar-refractivity contribution in [3.8, 4) is 0 Å². The van der Waals surface area contributed by atoms with Crippen LogP contribution in [-0.2, 0) is 16.5 Å². The van der Waals surface area contributed by atoms with Crippen LogP contribution in [0.2, 0.25) is 0 Å². The molecule has 0 saturated heterocycles. The second-order valence-electron chi connectivity index (χ2n) is 4.40.